The summed E-state index contributed by atoms with van der Waals surface area (Å²) in [5, 5.41) is 4.95. The Hall–Kier alpha value is -13.1. The molecule has 0 fully saturated rings. The minimum Gasteiger partial charge on any atom is -0.458 e. The summed E-state index contributed by atoms with van der Waals surface area (Å²) in [7, 11) is 0. The van der Waals surface area contributed by atoms with E-state index in [-0.39, 0.29) is 13.4 Å². The minimum atomic E-state index is -0.259. The highest BCUT2D eigenvalue weighted by molar-refractivity contribution is 7.26. The normalized spacial score (nSPS) is 12.9. The third-order valence-electron chi connectivity index (χ3n) is 22.0. The molecule has 6 heterocycles. The monoisotopic (exact) mass is 1390 g/mol. The first kappa shape index (κ1) is 60.5. The molecule has 2 aromatic heterocycles. The van der Waals surface area contributed by atoms with Crippen molar-refractivity contribution in [3.63, 3.8) is 0 Å². The summed E-state index contributed by atoms with van der Waals surface area (Å²) in [6, 6.07) is 137. The van der Waals surface area contributed by atoms with Crippen LogP contribution in [0.3, 0.4) is 0 Å². The maximum atomic E-state index is 7.50. The van der Waals surface area contributed by atoms with Crippen LogP contribution in [0.1, 0.15) is 0 Å². The molecular formula is C96H61B2N5OS2. The fraction of sp³-hybridized carbons (Fsp3) is 0. The van der Waals surface area contributed by atoms with E-state index in [2.05, 4.69) is 395 Å². The number of rotatable bonds is 11. The highest BCUT2D eigenvalue weighted by atomic mass is 32.1. The van der Waals surface area contributed by atoms with E-state index in [1.54, 1.807) is 0 Å². The van der Waals surface area contributed by atoms with Gasteiger partial charge in [0.2, 0.25) is 0 Å². The molecule has 0 aliphatic carbocycles. The molecule has 0 spiro atoms. The Morgan fingerprint density at radius 3 is 1.41 bits per heavy atom. The van der Waals surface area contributed by atoms with Crippen LogP contribution in [-0.4, -0.2) is 13.4 Å². The first-order valence-electron chi connectivity index (χ1n) is 36.3. The van der Waals surface area contributed by atoms with E-state index in [0.29, 0.717) is 0 Å². The van der Waals surface area contributed by atoms with Gasteiger partial charge in [0.15, 0.2) is 0 Å². The van der Waals surface area contributed by atoms with Crippen LogP contribution >= 0.6 is 22.7 Å². The fourth-order valence-corrected chi connectivity index (χ4v) is 20.0. The second-order valence-corrected chi connectivity index (χ2v) is 29.9. The third-order valence-corrected chi connectivity index (χ3v) is 24.3. The predicted molar refractivity (Wildman–Crippen MR) is 452 cm³/mol. The molecule has 0 saturated heterocycles. The van der Waals surface area contributed by atoms with Gasteiger partial charge in [0.1, 0.15) is 11.5 Å². The maximum Gasteiger partial charge on any atom is 0.256 e. The largest absolute Gasteiger partial charge is 0.458 e. The van der Waals surface area contributed by atoms with Crippen molar-refractivity contribution in [2.24, 2.45) is 0 Å². The Balaban J connectivity index is 0.883. The topological polar surface area (TPSA) is 25.4 Å². The van der Waals surface area contributed by atoms with Gasteiger partial charge in [-0.2, -0.15) is 0 Å². The van der Waals surface area contributed by atoms with Crippen molar-refractivity contribution in [2.45, 2.75) is 0 Å². The van der Waals surface area contributed by atoms with Crippen LogP contribution in [0.2, 0.25) is 0 Å². The van der Waals surface area contributed by atoms with Gasteiger partial charge in [0.25, 0.3) is 13.4 Å². The number of benzene rings is 16. The van der Waals surface area contributed by atoms with Gasteiger partial charge in [0.05, 0.1) is 33.1 Å². The van der Waals surface area contributed by atoms with Gasteiger partial charge < -0.3 is 29.2 Å². The van der Waals surface area contributed by atoms with Crippen LogP contribution in [0, 0.1) is 0 Å². The second-order valence-electron chi connectivity index (χ2n) is 27.8. The molecule has 0 atom stereocenters. The molecule has 6 nitrogen and oxygen atoms in total. The molecule has 106 heavy (non-hydrogen) atoms. The highest BCUT2D eigenvalue weighted by Gasteiger charge is 2.49. The predicted octanol–water partition coefficient (Wildman–Crippen LogP) is 23.2. The zero-order chi connectivity index (χ0) is 69.5. The lowest BCUT2D eigenvalue weighted by atomic mass is 9.30. The number of anilines is 15. The van der Waals surface area contributed by atoms with E-state index >= 15 is 0 Å². The zero-order valence-electron chi connectivity index (χ0n) is 57.3. The first-order chi connectivity index (χ1) is 52.6. The summed E-state index contributed by atoms with van der Waals surface area (Å²) in [5.41, 5.74) is 27.6. The Kier molecular flexibility index (Phi) is 13.8. The van der Waals surface area contributed by atoms with Gasteiger partial charge >= 0.3 is 0 Å². The number of hydrogen-bond acceptors (Lipinski definition) is 8. The third kappa shape index (κ3) is 9.31. The lowest BCUT2D eigenvalue weighted by Crippen LogP contribution is -2.64. The van der Waals surface area contributed by atoms with Crippen LogP contribution < -0.4 is 62.0 Å². The van der Waals surface area contributed by atoms with E-state index < -0.39 is 0 Å². The standard InChI is InChI=1S/C96H61B2N5OS2/c1-7-30-62(31-8-1)70-44-27-45-71(63-32-9-2-10-33-63)95(70)103-83-61-82-77(98-76-48-22-24-52-87(76)104-88-59-69(58-86(94(88)98)102(82)67-40-17-6-18-41-67)100(65-36-13-4-14-37-65)81-51-28-46-73-72-42-19-25-53-89(72)106-96(73)81)60-78(83)97-75-47-21-23-49-79(75)101(66-38-15-5-16-39-66)84-56-68(57-85(103)93(84)97)99(64-34-11-3-12-35-64)80-50-29-55-91-92(80)74-43-20-26-54-90(74)105-91/h1-61H. The van der Waals surface area contributed by atoms with Crippen molar-refractivity contribution in [2.75, 3.05) is 24.5 Å². The van der Waals surface area contributed by atoms with Gasteiger partial charge in [-0.05, 0) is 159 Å². The second kappa shape index (κ2) is 24.3. The van der Waals surface area contributed by atoms with Gasteiger partial charge in [-0.15, -0.1) is 22.7 Å². The average molecular weight is 1390 g/mol. The van der Waals surface area contributed by atoms with Gasteiger partial charge in [-0.3, -0.25) is 0 Å². The number of para-hydroxylation sites is 7. The molecule has 0 bridgehead atoms. The number of hydrogen-bond donors (Lipinski definition) is 0. The maximum absolute atomic E-state index is 7.50. The quantitative estimate of drug-likeness (QED) is 0.120. The zero-order valence-corrected chi connectivity index (χ0v) is 59.0. The summed E-state index contributed by atoms with van der Waals surface area (Å²) >= 11 is 3.71. The molecule has 0 radical (unpaired) electrons. The van der Waals surface area contributed by atoms with Crippen molar-refractivity contribution >= 4 is 195 Å². The number of thiophene rings is 2. The Labute approximate surface area is 623 Å². The SMILES string of the molecule is c1ccc(-c2cccc(-c3ccccc3)c2N2c3cc4c(cc3B3c5ccccc5N(c5ccccc5)c5cc(N(c6ccccc6)c6cccc7sc8ccccc8c67)cc2c53)B2c3ccccc3Oc3cc(N(c5ccccc5)c5cccc6c5sc5ccccc56)cc(c32)N4c2ccccc2)cc1. The number of nitrogens with zero attached hydrogens (tertiary/aromatic N) is 5. The first-order valence-corrected chi connectivity index (χ1v) is 37.9. The van der Waals surface area contributed by atoms with Crippen LogP contribution in [-0.2, 0) is 0 Å². The summed E-state index contributed by atoms with van der Waals surface area (Å²) in [4.78, 5) is 12.8. The van der Waals surface area contributed by atoms with Crippen molar-refractivity contribution < 1.29 is 4.74 Å². The number of ether oxygens (including phenoxy) is 1. The fourth-order valence-electron chi connectivity index (χ4n) is 17.7. The molecule has 10 heteroatoms. The van der Waals surface area contributed by atoms with Gasteiger partial charge in [0, 0.05) is 110 Å². The van der Waals surface area contributed by atoms with Crippen molar-refractivity contribution in [1.29, 1.82) is 0 Å². The minimum absolute atomic E-state index is 0.247. The van der Waals surface area contributed by atoms with Crippen molar-refractivity contribution in [3.8, 4) is 33.8 Å². The molecule has 0 amide bonds. The van der Waals surface area contributed by atoms with E-state index in [9.17, 15) is 0 Å². The van der Waals surface area contributed by atoms with E-state index in [1.807, 2.05) is 22.7 Å². The smallest absolute Gasteiger partial charge is 0.256 e. The molecule has 18 aromatic rings. The lowest BCUT2D eigenvalue weighted by Gasteiger charge is -2.47. The van der Waals surface area contributed by atoms with E-state index in [1.165, 1.54) is 62.2 Å². The number of fused-ring (bicyclic) bond motifs is 14. The Morgan fingerprint density at radius 2 is 0.736 bits per heavy atom. The van der Waals surface area contributed by atoms with Crippen molar-refractivity contribution in [3.05, 3.63) is 370 Å². The molecule has 16 aromatic carbocycles. The van der Waals surface area contributed by atoms with Crippen LogP contribution in [0.4, 0.5) is 85.3 Å². The summed E-state index contributed by atoms with van der Waals surface area (Å²) in [5.74, 6) is 1.67. The van der Waals surface area contributed by atoms with Gasteiger partial charge in [-0.25, -0.2) is 0 Å². The molecule has 4 aliphatic rings. The molecule has 494 valence electrons. The lowest BCUT2D eigenvalue weighted by molar-refractivity contribution is 0.487. The summed E-state index contributed by atoms with van der Waals surface area (Å²) in [6.45, 7) is -0.506. The molecule has 0 unspecified atom stereocenters. The Bertz CT molecular complexity index is 6500. The molecule has 0 saturated carbocycles. The van der Waals surface area contributed by atoms with Gasteiger partial charge in [-0.1, -0.05) is 249 Å². The summed E-state index contributed by atoms with van der Waals surface area (Å²) < 4.78 is 12.5. The molecule has 4 aliphatic heterocycles. The van der Waals surface area contributed by atoms with Crippen LogP contribution in [0.15, 0.2) is 370 Å². The summed E-state index contributed by atoms with van der Waals surface area (Å²) in [6.07, 6.45) is 0. The van der Waals surface area contributed by atoms with E-state index in [0.717, 1.165) is 130 Å². The Morgan fingerprint density at radius 1 is 0.274 bits per heavy atom. The van der Waals surface area contributed by atoms with Crippen molar-refractivity contribution in [1.82, 2.24) is 0 Å². The molecular weight excluding hydrogens is 1320 g/mol. The van der Waals surface area contributed by atoms with Crippen LogP contribution in [0.25, 0.3) is 62.6 Å². The molecule has 22 rings (SSSR count). The molecule has 0 N–H and O–H groups in total. The highest BCUT2D eigenvalue weighted by Crippen LogP contribution is 2.56. The van der Waals surface area contributed by atoms with E-state index in [4.69, 9.17) is 4.74 Å². The average Bonchev–Trinajstić information content (AvgIpc) is 0.774. The van der Waals surface area contributed by atoms with Crippen LogP contribution in [0.5, 0.6) is 11.5 Å².